The molecule has 0 spiro atoms. The van der Waals surface area contributed by atoms with Crippen LogP contribution >= 0.6 is 11.6 Å². The largest absolute Gasteiger partial charge is 0.367 e. The minimum Gasteiger partial charge on any atom is -0.367 e. The number of halogens is 1. The summed E-state index contributed by atoms with van der Waals surface area (Å²) in [6.45, 7) is 8.70. The number of aryl methyl sites for hydroxylation is 1. The molecule has 96 valence electrons. The van der Waals surface area contributed by atoms with E-state index in [0.29, 0.717) is 17.1 Å². The molecule has 4 heteroatoms. The number of nitrogens with one attached hydrogen (secondary N) is 1. The van der Waals surface area contributed by atoms with Gasteiger partial charge >= 0.3 is 0 Å². The molecule has 1 N–H and O–H groups in total. The van der Waals surface area contributed by atoms with Crippen LogP contribution in [0.3, 0.4) is 0 Å². The van der Waals surface area contributed by atoms with Gasteiger partial charge in [-0.1, -0.05) is 38.8 Å². The van der Waals surface area contributed by atoms with Crippen LogP contribution in [0, 0.1) is 5.92 Å². The van der Waals surface area contributed by atoms with E-state index >= 15 is 0 Å². The van der Waals surface area contributed by atoms with Gasteiger partial charge in [-0.25, -0.2) is 9.97 Å². The zero-order valence-corrected chi connectivity index (χ0v) is 11.9. The van der Waals surface area contributed by atoms with Gasteiger partial charge in [0.2, 0.25) is 0 Å². The first kappa shape index (κ1) is 14.2. The van der Waals surface area contributed by atoms with Gasteiger partial charge in [-0.3, -0.25) is 0 Å². The molecule has 0 amide bonds. The fourth-order valence-electron chi connectivity index (χ4n) is 1.60. The molecule has 1 aromatic heterocycles. The Morgan fingerprint density at radius 3 is 2.59 bits per heavy atom. The van der Waals surface area contributed by atoms with Gasteiger partial charge in [-0.15, -0.1) is 0 Å². The van der Waals surface area contributed by atoms with E-state index in [0.717, 1.165) is 30.9 Å². The number of anilines is 1. The Labute approximate surface area is 109 Å². The molecule has 3 nitrogen and oxygen atoms in total. The molecule has 0 aliphatic rings. The number of hydrogen-bond acceptors (Lipinski definition) is 3. The minimum absolute atomic E-state index is 0.389. The van der Waals surface area contributed by atoms with Crippen molar-refractivity contribution < 1.29 is 0 Å². The molecule has 0 saturated heterocycles. The van der Waals surface area contributed by atoms with Crippen LogP contribution in [0.2, 0.25) is 5.15 Å². The summed E-state index contributed by atoms with van der Waals surface area (Å²) in [4.78, 5) is 8.68. The van der Waals surface area contributed by atoms with Crippen molar-refractivity contribution in [3.05, 3.63) is 17.0 Å². The quantitative estimate of drug-likeness (QED) is 0.783. The molecule has 0 fully saturated rings. The first-order valence-electron chi connectivity index (χ1n) is 6.36. The van der Waals surface area contributed by atoms with E-state index < -0.39 is 0 Å². The normalized spacial score (nSPS) is 14.4. The van der Waals surface area contributed by atoms with Gasteiger partial charge in [-0.2, -0.15) is 0 Å². The standard InChI is InChI=1S/C13H22ClN3/c1-5-7-12-16-11(14)8-13(17-12)15-10(4)9(3)6-2/h8-10H,5-7H2,1-4H3,(H,15,16,17). The summed E-state index contributed by atoms with van der Waals surface area (Å²) in [5, 5.41) is 3.91. The molecular formula is C13H22ClN3. The lowest BCUT2D eigenvalue weighted by atomic mass is 10.0. The van der Waals surface area contributed by atoms with Crippen molar-refractivity contribution in [2.24, 2.45) is 5.92 Å². The fraction of sp³-hybridized carbons (Fsp3) is 0.692. The lowest BCUT2D eigenvalue weighted by molar-refractivity contribution is 0.493. The van der Waals surface area contributed by atoms with E-state index in [1.165, 1.54) is 0 Å². The van der Waals surface area contributed by atoms with Gasteiger partial charge in [0, 0.05) is 18.5 Å². The summed E-state index contributed by atoms with van der Waals surface area (Å²) in [5.74, 6) is 2.26. The van der Waals surface area contributed by atoms with Crippen molar-refractivity contribution in [1.29, 1.82) is 0 Å². The van der Waals surface area contributed by atoms with Crippen LogP contribution in [0.1, 0.15) is 46.4 Å². The smallest absolute Gasteiger partial charge is 0.134 e. The zero-order valence-electron chi connectivity index (χ0n) is 11.1. The topological polar surface area (TPSA) is 37.8 Å². The molecule has 1 aromatic rings. The van der Waals surface area contributed by atoms with E-state index in [9.17, 15) is 0 Å². The van der Waals surface area contributed by atoms with E-state index in [1.807, 2.05) is 0 Å². The molecule has 0 radical (unpaired) electrons. The Bertz CT molecular complexity index is 355. The first-order valence-corrected chi connectivity index (χ1v) is 6.74. The number of rotatable bonds is 6. The number of hydrogen-bond donors (Lipinski definition) is 1. The zero-order chi connectivity index (χ0) is 12.8. The van der Waals surface area contributed by atoms with Crippen LogP contribution in [0.15, 0.2) is 6.07 Å². The van der Waals surface area contributed by atoms with Crippen molar-refractivity contribution in [2.75, 3.05) is 5.32 Å². The molecule has 0 bridgehead atoms. The Kier molecular flexibility index (Phi) is 5.69. The third-order valence-corrected chi connectivity index (χ3v) is 3.28. The van der Waals surface area contributed by atoms with Crippen LogP contribution in [0.25, 0.3) is 0 Å². The monoisotopic (exact) mass is 255 g/mol. The van der Waals surface area contributed by atoms with Gasteiger partial charge in [0.05, 0.1) is 0 Å². The summed E-state index contributed by atoms with van der Waals surface area (Å²) >= 11 is 5.99. The summed E-state index contributed by atoms with van der Waals surface area (Å²) in [7, 11) is 0. The second-order valence-electron chi connectivity index (χ2n) is 4.56. The Morgan fingerprint density at radius 1 is 1.29 bits per heavy atom. The maximum atomic E-state index is 5.99. The molecule has 2 atom stereocenters. The molecule has 1 heterocycles. The number of nitrogens with zero attached hydrogens (tertiary/aromatic N) is 2. The van der Waals surface area contributed by atoms with Crippen molar-refractivity contribution in [3.63, 3.8) is 0 Å². The highest BCUT2D eigenvalue weighted by Gasteiger charge is 2.11. The van der Waals surface area contributed by atoms with Crippen LogP contribution < -0.4 is 5.32 Å². The van der Waals surface area contributed by atoms with Gasteiger partial charge in [0.1, 0.15) is 16.8 Å². The van der Waals surface area contributed by atoms with Crippen LogP contribution in [-0.4, -0.2) is 16.0 Å². The predicted octanol–water partition coefficient (Wildman–Crippen LogP) is 3.93. The lowest BCUT2D eigenvalue weighted by Gasteiger charge is -2.20. The minimum atomic E-state index is 0.389. The summed E-state index contributed by atoms with van der Waals surface area (Å²) in [5.41, 5.74) is 0. The van der Waals surface area contributed by atoms with Gasteiger partial charge in [-0.05, 0) is 19.3 Å². The lowest BCUT2D eigenvalue weighted by Crippen LogP contribution is -2.24. The first-order chi connectivity index (χ1) is 8.06. The number of aromatic nitrogens is 2. The molecule has 0 saturated carbocycles. The average Bonchev–Trinajstić information content (AvgIpc) is 2.27. The molecule has 2 unspecified atom stereocenters. The fourth-order valence-corrected chi connectivity index (χ4v) is 1.80. The van der Waals surface area contributed by atoms with Crippen molar-refractivity contribution in [1.82, 2.24) is 9.97 Å². The van der Waals surface area contributed by atoms with E-state index in [1.54, 1.807) is 6.07 Å². The van der Waals surface area contributed by atoms with Crippen molar-refractivity contribution in [2.45, 2.75) is 53.0 Å². The molecular weight excluding hydrogens is 234 g/mol. The second kappa shape index (κ2) is 6.80. The maximum Gasteiger partial charge on any atom is 0.134 e. The second-order valence-corrected chi connectivity index (χ2v) is 4.95. The summed E-state index contributed by atoms with van der Waals surface area (Å²) in [6.07, 6.45) is 3.04. The molecule has 17 heavy (non-hydrogen) atoms. The molecule has 1 rings (SSSR count). The van der Waals surface area contributed by atoms with Crippen molar-refractivity contribution in [3.8, 4) is 0 Å². The average molecular weight is 256 g/mol. The summed E-state index contributed by atoms with van der Waals surface area (Å²) < 4.78 is 0. The van der Waals surface area contributed by atoms with Gasteiger partial charge < -0.3 is 5.32 Å². The highest BCUT2D eigenvalue weighted by Crippen LogP contribution is 2.16. The van der Waals surface area contributed by atoms with Crippen LogP contribution in [0.5, 0.6) is 0 Å². The molecule has 0 aliphatic heterocycles. The third kappa shape index (κ3) is 4.50. The highest BCUT2D eigenvalue weighted by molar-refractivity contribution is 6.29. The van der Waals surface area contributed by atoms with Crippen LogP contribution in [0.4, 0.5) is 5.82 Å². The Balaban J connectivity index is 2.76. The summed E-state index contributed by atoms with van der Waals surface area (Å²) in [6, 6.07) is 2.18. The third-order valence-electron chi connectivity index (χ3n) is 3.09. The predicted molar refractivity (Wildman–Crippen MR) is 73.6 cm³/mol. The Morgan fingerprint density at radius 2 is 2.00 bits per heavy atom. The van der Waals surface area contributed by atoms with Gasteiger partial charge in [0.15, 0.2) is 0 Å². The van der Waals surface area contributed by atoms with E-state index in [4.69, 9.17) is 11.6 Å². The molecule has 0 aromatic carbocycles. The SMILES string of the molecule is CCCc1nc(Cl)cc(NC(C)C(C)CC)n1. The van der Waals surface area contributed by atoms with E-state index in [2.05, 4.69) is 43.0 Å². The maximum absolute atomic E-state index is 5.99. The van der Waals surface area contributed by atoms with E-state index in [-0.39, 0.29) is 0 Å². The van der Waals surface area contributed by atoms with Crippen LogP contribution in [-0.2, 0) is 6.42 Å². The highest BCUT2D eigenvalue weighted by atomic mass is 35.5. The van der Waals surface area contributed by atoms with Gasteiger partial charge in [0.25, 0.3) is 0 Å². The molecule has 0 aliphatic carbocycles. The Hall–Kier alpha value is -0.830. The van der Waals surface area contributed by atoms with Crippen molar-refractivity contribution >= 4 is 17.4 Å².